The van der Waals surface area contributed by atoms with Crippen LogP contribution in [-0.4, -0.2) is 62.7 Å². The number of carbonyl (C=O) groups is 2. The Kier molecular flexibility index (Phi) is 13.9. The average molecular weight is 435 g/mol. The van der Waals surface area contributed by atoms with E-state index in [1.54, 1.807) is 19.2 Å². The van der Waals surface area contributed by atoms with Gasteiger partial charge in [-0.05, 0) is 43.6 Å². The van der Waals surface area contributed by atoms with Gasteiger partial charge < -0.3 is 26.0 Å². The van der Waals surface area contributed by atoms with Crippen molar-refractivity contribution in [2.24, 2.45) is 5.73 Å². The molecule has 1 saturated heterocycles. The van der Waals surface area contributed by atoms with E-state index in [1.165, 1.54) is 12.8 Å². The lowest BCUT2D eigenvalue weighted by Crippen LogP contribution is -2.33. The van der Waals surface area contributed by atoms with Crippen LogP contribution in [0.15, 0.2) is 24.3 Å². The summed E-state index contributed by atoms with van der Waals surface area (Å²) in [6, 6.07) is 7.27. The van der Waals surface area contributed by atoms with Gasteiger partial charge in [-0.1, -0.05) is 12.1 Å². The van der Waals surface area contributed by atoms with Crippen LogP contribution in [0, 0.1) is 0 Å². The van der Waals surface area contributed by atoms with Gasteiger partial charge in [-0.2, -0.15) is 0 Å². The molecule has 0 aromatic heterocycles. The molecular formula is C19H32Cl2N4O3. The number of nitrogens with one attached hydrogen (secondary N) is 2. The topological polar surface area (TPSA) is 96.7 Å². The zero-order valence-electron chi connectivity index (χ0n) is 16.3. The van der Waals surface area contributed by atoms with Gasteiger partial charge in [0.05, 0.1) is 12.5 Å². The van der Waals surface area contributed by atoms with Crippen molar-refractivity contribution in [2.45, 2.75) is 31.9 Å². The molecule has 1 heterocycles. The number of amides is 2. The number of nitrogens with two attached hydrogens (primary N) is 1. The van der Waals surface area contributed by atoms with Gasteiger partial charge in [0, 0.05) is 38.9 Å². The third kappa shape index (κ3) is 9.21. The molecule has 0 spiro atoms. The molecule has 0 bridgehead atoms. The Morgan fingerprint density at radius 2 is 1.79 bits per heavy atom. The van der Waals surface area contributed by atoms with E-state index in [2.05, 4.69) is 15.5 Å². The van der Waals surface area contributed by atoms with E-state index in [9.17, 15) is 9.59 Å². The number of carbonyl (C=O) groups excluding carboxylic acids is 2. The average Bonchev–Trinajstić information content (AvgIpc) is 3.18. The van der Waals surface area contributed by atoms with Gasteiger partial charge in [-0.15, -0.1) is 24.8 Å². The normalized spacial score (nSPS) is 14.5. The lowest BCUT2D eigenvalue weighted by Gasteiger charge is -2.15. The van der Waals surface area contributed by atoms with Crippen LogP contribution in [0.1, 0.15) is 35.2 Å². The minimum Gasteiger partial charge on any atom is -0.380 e. The first-order chi connectivity index (χ1) is 12.6. The first-order valence-corrected chi connectivity index (χ1v) is 9.21. The number of benzene rings is 1. The molecule has 1 fully saturated rings. The number of hydrogen-bond donors (Lipinski definition) is 3. The van der Waals surface area contributed by atoms with Gasteiger partial charge in [0.1, 0.15) is 0 Å². The summed E-state index contributed by atoms with van der Waals surface area (Å²) >= 11 is 0. The third-order valence-electron chi connectivity index (χ3n) is 4.63. The molecule has 9 heteroatoms. The Morgan fingerprint density at radius 1 is 1.14 bits per heavy atom. The highest BCUT2D eigenvalue weighted by Gasteiger charge is 2.12. The summed E-state index contributed by atoms with van der Waals surface area (Å²) < 4.78 is 5.10. The van der Waals surface area contributed by atoms with Crippen LogP contribution < -0.4 is 16.4 Å². The van der Waals surface area contributed by atoms with Crippen molar-refractivity contribution in [3.63, 3.8) is 0 Å². The fourth-order valence-corrected chi connectivity index (χ4v) is 2.95. The maximum atomic E-state index is 12.2. The van der Waals surface area contributed by atoms with E-state index in [0.29, 0.717) is 25.2 Å². The van der Waals surface area contributed by atoms with Gasteiger partial charge in [-0.25, -0.2) is 0 Å². The largest absolute Gasteiger partial charge is 0.380 e. The Balaban J connectivity index is 0.00000364. The number of nitrogens with zero attached hydrogens (tertiary/aromatic N) is 1. The highest BCUT2D eigenvalue weighted by Crippen LogP contribution is 2.07. The first kappa shape index (κ1) is 26.6. The van der Waals surface area contributed by atoms with Crippen LogP contribution in [0.5, 0.6) is 0 Å². The van der Waals surface area contributed by atoms with Crippen molar-refractivity contribution < 1.29 is 14.3 Å². The number of halogens is 2. The zero-order valence-corrected chi connectivity index (χ0v) is 17.9. The standard InChI is InChI=1S/C19H30N4O3.2ClH/c1-26-17(13-20)12-18(24)22-14-15-4-6-16(7-5-15)19(25)21-8-11-23-9-2-3-10-23;;/h4-7,17H,2-3,8-14,20H2,1H3,(H,21,25)(H,22,24);2*1H. The van der Waals surface area contributed by atoms with Crippen molar-refractivity contribution in [3.8, 4) is 0 Å². The molecule has 160 valence electrons. The molecule has 2 amide bonds. The smallest absolute Gasteiger partial charge is 0.251 e. The fourth-order valence-electron chi connectivity index (χ4n) is 2.95. The second kappa shape index (κ2) is 14.6. The summed E-state index contributed by atoms with van der Waals surface area (Å²) in [7, 11) is 1.54. The highest BCUT2D eigenvalue weighted by molar-refractivity contribution is 5.94. The lowest BCUT2D eigenvalue weighted by atomic mass is 10.1. The highest BCUT2D eigenvalue weighted by atomic mass is 35.5. The minimum absolute atomic E-state index is 0. The van der Waals surface area contributed by atoms with Crippen molar-refractivity contribution in [3.05, 3.63) is 35.4 Å². The molecule has 7 nitrogen and oxygen atoms in total. The maximum absolute atomic E-state index is 12.2. The van der Waals surface area contributed by atoms with Gasteiger partial charge in [0.15, 0.2) is 0 Å². The Hall–Kier alpha value is -1.38. The summed E-state index contributed by atoms with van der Waals surface area (Å²) in [4.78, 5) is 26.4. The molecule has 1 aliphatic heterocycles. The van der Waals surface area contributed by atoms with E-state index < -0.39 is 0 Å². The molecule has 28 heavy (non-hydrogen) atoms. The summed E-state index contributed by atoms with van der Waals surface area (Å²) in [6.07, 6.45) is 2.49. The molecule has 2 rings (SSSR count). The molecule has 1 aromatic rings. The molecule has 0 aliphatic carbocycles. The second-order valence-electron chi connectivity index (χ2n) is 6.58. The van der Waals surface area contributed by atoms with Crippen molar-refractivity contribution in [2.75, 3.05) is 39.8 Å². The third-order valence-corrected chi connectivity index (χ3v) is 4.63. The molecule has 0 radical (unpaired) electrons. The summed E-state index contributed by atoms with van der Waals surface area (Å²) in [6.45, 7) is 4.56. The van der Waals surface area contributed by atoms with Gasteiger partial charge >= 0.3 is 0 Å². The molecule has 1 aliphatic rings. The van der Waals surface area contributed by atoms with Crippen molar-refractivity contribution in [1.82, 2.24) is 15.5 Å². The minimum atomic E-state index is -0.262. The SMILES string of the molecule is COC(CN)CC(=O)NCc1ccc(C(=O)NCCN2CCCC2)cc1.Cl.Cl. The monoisotopic (exact) mass is 434 g/mol. The van der Waals surface area contributed by atoms with Crippen molar-refractivity contribution in [1.29, 1.82) is 0 Å². The van der Waals surface area contributed by atoms with E-state index in [1.807, 2.05) is 12.1 Å². The van der Waals surface area contributed by atoms with E-state index in [4.69, 9.17) is 10.5 Å². The number of ether oxygens (including phenoxy) is 1. The van der Waals surface area contributed by atoms with Crippen LogP contribution in [0.4, 0.5) is 0 Å². The van der Waals surface area contributed by atoms with Crippen molar-refractivity contribution >= 4 is 36.6 Å². The zero-order chi connectivity index (χ0) is 18.8. The second-order valence-corrected chi connectivity index (χ2v) is 6.58. The van der Waals surface area contributed by atoms with Gasteiger partial charge in [0.25, 0.3) is 5.91 Å². The maximum Gasteiger partial charge on any atom is 0.251 e. The number of rotatable bonds is 10. The first-order valence-electron chi connectivity index (χ1n) is 9.21. The molecular weight excluding hydrogens is 403 g/mol. The van der Waals surface area contributed by atoms with Crippen LogP contribution in [0.3, 0.4) is 0 Å². The van der Waals surface area contributed by atoms with Crippen LogP contribution in [0.2, 0.25) is 0 Å². The van der Waals surface area contributed by atoms with Gasteiger partial charge in [-0.3, -0.25) is 9.59 Å². The Morgan fingerprint density at radius 3 is 2.36 bits per heavy atom. The molecule has 1 atom stereocenters. The Bertz CT molecular complexity index is 577. The van der Waals surface area contributed by atoms with Gasteiger partial charge in [0.2, 0.25) is 5.91 Å². The number of methoxy groups -OCH3 is 1. The lowest BCUT2D eigenvalue weighted by molar-refractivity contribution is -0.123. The van der Waals surface area contributed by atoms with Crippen LogP contribution >= 0.6 is 24.8 Å². The van der Waals surface area contributed by atoms with E-state index in [0.717, 1.165) is 25.2 Å². The molecule has 1 unspecified atom stereocenters. The summed E-state index contributed by atoms with van der Waals surface area (Å²) in [5, 5.41) is 5.79. The molecule has 1 aromatic carbocycles. The summed E-state index contributed by atoms with van der Waals surface area (Å²) in [5.41, 5.74) is 7.08. The summed E-state index contributed by atoms with van der Waals surface area (Å²) in [5.74, 6) is -0.170. The van der Waals surface area contributed by atoms with E-state index in [-0.39, 0.29) is 49.2 Å². The number of likely N-dealkylation sites (tertiary alicyclic amines) is 1. The number of hydrogen-bond acceptors (Lipinski definition) is 5. The predicted molar refractivity (Wildman–Crippen MR) is 115 cm³/mol. The predicted octanol–water partition coefficient (Wildman–Crippen LogP) is 1.34. The molecule has 4 N–H and O–H groups in total. The molecule has 0 saturated carbocycles. The quantitative estimate of drug-likeness (QED) is 0.516. The Labute approximate surface area is 179 Å². The van der Waals surface area contributed by atoms with E-state index >= 15 is 0 Å². The fraction of sp³-hybridized carbons (Fsp3) is 0.579. The van der Waals surface area contributed by atoms with Crippen LogP contribution in [-0.2, 0) is 16.1 Å². The van der Waals surface area contributed by atoms with Crippen LogP contribution in [0.25, 0.3) is 0 Å².